The lowest BCUT2D eigenvalue weighted by Crippen LogP contribution is -2.37. The molecule has 0 atom stereocenters. The van der Waals surface area contributed by atoms with E-state index in [0.29, 0.717) is 18.5 Å². The van der Waals surface area contributed by atoms with Crippen LogP contribution in [0, 0.1) is 22.7 Å². The van der Waals surface area contributed by atoms with E-state index in [4.69, 9.17) is 10.5 Å². The van der Waals surface area contributed by atoms with Crippen molar-refractivity contribution in [2.75, 3.05) is 32.1 Å². The van der Waals surface area contributed by atoms with Crippen LogP contribution in [-0.2, 0) is 4.79 Å². The summed E-state index contributed by atoms with van der Waals surface area (Å²) in [7, 11) is 3.50. The van der Waals surface area contributed by atoms with Gasteiger partial charge in [-0.1, -0.05) is 0 Å². The first-order chi connectivity index (χ1) is 9.08. The number of nitriles is 2. The van der Waals surface area contributed by atoms with E-state index >= 15 is 0 Å². The molecule has 0 fully saturated rings. The topological polar surface area (TPSA) is 71.1 Å². The maximum absolute atomic E-state index is 11.9. The molecule has 5 nitrogen and oxygen atoms in total. The molecule has 0 aliphatic rings. The SMILES string of the molecule is CN(CCC#N)C(=O)CN(C)c1ccc(C#N)cc1. The van der Waals surface area contributed by atoms with E-state index in [9.17, 15) is 4.79 Å². The summed E-state index contributed by atoms with van der Waals surface area (Å²) in [6.07, 6.45) is 0.336. The lowest BCUT2D eigenvalue weighted by Gasteiger charge is -2.22. The van der Waals surface area contributed by atoms with Gasteiger partial charge in [0.1, 0.15) is 0 Å². The molecule has 0 saturated heterocycles. The van der Waals surface area contributed by atoms with Gasteiger partial charge in [-0.3, -0.25) is 4.79 Å². The van der Waals surface area contributed by atoms with Gasteiger partial charge in [0.15, 0.2) is 0 Å². The van der Waals surface area contributed by atoms with Crippen molar-refractivity contribution in [1.82, 2.24) is 4.90 Å². The Labute approximate surface area is 113 Å². The van der Waals surface area contributed by atoms with Crippen LogP contribution in [0.15, 0.2) is 24.3 Å². The fraction of sp³-hybridized carbons (Fsp3) is 0.357. The quantitative estimate of drug-likeness (QED) is 0.797. The van der Waals surface area contributed by atoms with Crippen LogP contribution in [0.5, 0.6) is 0 Å². The number of hydrogen-bond donors (Lipinski definition) is 0. The van der Waals surface area contributed by atoms with Gasteiger partial charge in [-0.15, -0.1) is 0 Å². The number of likely N-dealkylation sites (N-methyl/N-ethyl adjacent to an activating group) is 2. The Kier molecular flexibility index (Phi) is 5.37. The summed E-state index contributed by atoms with van der Waals surface area (Å²) in [6.45, 7) is 0.685. The lowest BCUT2D eigenvalue weighted by molar-refractivity contribution is -0.128. The average molecular weight is 256 g/mol. The smallest absolute Gasteiger partial charge is 0.241 e. The maximum Gasteiger partial charge on any atom is 0.241 e. The number of carbonyl (C=O) groups is 1. The number of carbonyl (C=O) groups excluding carboxylic acids is 1. The number of amides is 1. The highest BCUT2D eigenvalue weighted by Gasteiger charge is 2.11. The summed E-state index contributed by atoms with van der Waals surface area (Å²) in [5.74, 6) is -0.0397. The Hall–Kier alpha value is -2.53. The molecule has 1 aromatic rings. The first kappa shape index (κ1) is 14.5. The molecule has 0 bridgehead atoms. The molecule has 0 aromatic heterocycles. The highest BCUT2D eigenvalue weighted by molar-refractivity contribution is 5.81. The van der Waals surface area contributed by atoms with Crippen molar-refractivity contribution in [3.05, 3.63) is 29.8 Å². The second kappa shape index (κ2) is 7.03. The van der Waals surface area contributed by atoms with Crippen molar-refractivity contribution >= 4 is 11.6 Å². The fourth-order valence-electron chi connectivity index (χ4n) is 1.55. The van der Waals surface area contributed by atoms with E-state index in [2.05, 4.69) is 6.07 Å². The largest absolute Gasteiger partial charge is 0.365 e. The Morgan fingerprint density at radius 2 is 1.84 bits per heavy atom. The number of rotatable bonds is 5. The van der Waals surface area contributed by atoms with Crippen LogP contribution in [0.1, 0.15) is 12.0 Å². The number of benzene rings is 1. The molecule has 0 aliphatic carbocycles. The van der Waals surface area contributed by atoms with Gasteiger partial charge >= 0.3 is 0 Å². The molecule has 98 valence electrons. The average Bonchev–Trinajstić information content (AvgIpc) is 2.44. The van der Waals surface area contributed by atoms with Crippen LogP contribution in [0.3, 0.4) is 0 Å². The number of nitrogens with zero attached hydrogens (tertiary/aromatic N) is 4. The molecule has 0 unspecified atom stereocenters. The van der Waals surface area contributed by atoms with Gasteiger partial charge in [0.2, 0.25) is 5.91 Å². The first-order valence-corrected chi connectivity index (χ1v) is 5.90. The van der Waals surface area contributed by atoms with Crippen molar-refractivity contribution in [3.8, 4) is 12.1 Å². The highest BCUT2D eigenvalue weighted by atomic mass is 16.2. The zero-order chi connectivity index (χ0) is 14.3. The lowest BCUT2D eigenvalue weighted by atomic mass is 10.2. The van der Waals surface area contributed by atoms with Crippen LogP contribution in [0.2, 0.25) is 0 Å². The molecule has 1 amide bonds. The second-order valence-electron chi connectivity index (χ2n) is 4.24. The molecular formula is C14H16N4O. The molecule has 1 aromatic carbocycles. The van der Waals surface area contributed by atoms with Gasteiger partial charge in [0.25, 0.3) is 0 Å². The number of hydrogen-bond acceptors (Lipinski definition) is 4. The molecule has 0 N–H and O–H groups in total. The minimum Gasteiger partial charge on any atom is -0.365 e. The zero-order valence-electron chi connectivity index (χ0n) is 11.1. The molecule has 0 saturated carbocycles. The normalized spacial score (nSPS) is 9.26. The monoisotopic (exact) mass is 256 g/mol. The minimum absolute atomic E-state index is 0.0397. The standard InChI is InChI=1S/C14H16N4O/c1-17(9-3-8-15)14(19)11-18(2)13-6-4-12(10-16)5-7-13/h4-7H,3,9,11H2,1-2H3. The van der Waals surface area contributed by atoms with Crippen LogP contribution < -0.4 is 4.90 Å². The van der Waals surface area contributed by atoms with E-state index in [1.807, 2.05) is 18.0 Å². The molecule has 0 spiro atoms. The molecule has 0 heterocycles. The summed E-state index contributed by atoms with van der Waals surface area (Å²) in [4.78, 5) is 15.2. The predicted molar refractivity (Wildman–Crippen MR) is 72.3 cm³/mol. The van der Waals surface area contributed by atoms with Gasteiger partial charge in [-0.05, 0) is 24.3 Å². The Balaban J connectivity index is 2.59. The molecule has 1 rings (SSSR count). The second-order valence-corrected chi connectivity index (χ2v) is 4.24. The van der Waals surface area contributed by atoms with Crippen molar-refractivity contribution < 1.29 is 4.79 Å². The van der Waals surface area contributed by atoms with Crippen molar-refractivity contribution in [2.24, 2.45) is 0 Å². The summed E-state index contributed by atoms with van der Waals surface area (Å²) in [5.41, 5.74) is 1.47. The molecular weight excluding hydrogens is 240 g/mol. The third-order valence-corrected chi connectivity index (χ3v) is 2.79. The Morgan fingerprint density at radius 3 is 2.37 bits per heavy atom. The van der Waals surface area contributed by atoms with Gasteiger partial charge in [0.05, 0.1) is 30.7 Å². The van der Waals surface area contributed by atoms with Gasteiger partial charge in [0, 0.05) is 26.3 Å². The van der Waals surface area contributed by atoms with E-state index in [-0.39, 0.29) is 12.5 Å². The van der Waals surface area contributed by atoms with Crippen LogP contribution >= 0.6 is 0 Å². The van der Waals surface area contributed by atoms with E-state index in [1.165, 1.54) is 0 Å². The summed E-state index contributed by atoms with van der Waals surface area (Å²) in [6, 6.07) is 11.1. The Morgan fingerprint density at radius 1 is 1.21 bits per heavy atom. The minimum atomic E-state index is -0.0397. The summed E-state index contributed by atoms with van der Waals surface area (Å²) >= 11 is 0. The molecule has 0 radical (unpaired) electrons. The van der Waals surface area contributed by atoms with Crippen molar-refractivity contribution in [3.63, 3.8) is 0 Å². The number of anilines is 1. The van der Waals surface area contributed by atoms with Crippen LogP contribution in [0.25, 0.3) is 0 Å². The zero-order valence-corrected chi connectivity index (χ0v) is 11.1. The predicted octanol–water partition coefficient (Wildman–Crippen LogP) is 1.37. The van der Waals surface area contributed by atoms with E-state index < -0.39 is 0 Å². The molecule has 19 heavy (non-hydrogen) atoms. The fourth-order valence-corrected chi connectivity index (χ4v) is 1.55. The van der Waals surface area contributed by atoms with Crippen LogP contribution in [0.4, 0.5) is 5.69 Å². The van der Waals surface area contributed by atoms with Crippen molar-refractivity contribution in [2.45, 2.75) is 6.42 Å². The van der Waals surface area contributed by atoms with Gasteiger partial charge < -0.3 is 9.80 Å². The van der Waals surface area contributed by atoms with Gasteiger partial charge in [-0.25, -0.2) is 0 Å². The maximum atomic E-state index is 11.9. The first-order valence-electron chi connectivity index (χ1n) is 5.90. The van der Waals surface area contributed by atoms with Crippen LogP contribution in [-0.4, -0.2) is 38.0 Å². The third kappa shape index (κ3) is 4.33. The molecule has 5 heteroatoms. The van der Waals surface area contributed by atoms with E-state index in [0.717, 1.165) is 5.69 Å². The van der Waals surface area contributed by atoms with E-state index in [1.54, 1.807) is 36.2 Å². The van der Waals surface area contributed by atoms with Gasteiger partial charge in [-0.2, -0.15) is 10.5 Å². The summed E-state index contributed by atoms with van der Waals surface area (Å²) < 4.78 is 0. The third-order valence-electron chi connectivity index (χ3n) is 2.79. The highest BCUT2D eigenvalue weighted by Crippen LogP contribution is 2.13. The summed E-state index contributed by atoms with van der Waals surface area (Å²) in [5, 5.41) is 17.2. The molecule has 0 aliphatic heterocycles. The van der Waals surface area contributed by atoms with Crippen molar-refractivity contribution in [1.29, 1.82) is 10.5 Å². The Bertz CT molecular complexity index is 510.